The summed E-state index contributed by atoms with van der Waals surface area (Å²) in [5, 5.41) is 2.25. The number of para-hydroxylation sites is 1. The fourth-order valence-corrected chi connectivity index (χ4v) is 10.9. The van der Waals surface area contributed by atoms with Gasteiger partial charge in [0.1, 0.15) is 0 Å². The summed E-state index contributed by atoms with van der Waals surface area (Å²) in [6.07, 6.45) is 0. The molecule has 11 aromatic rings. The number of benzene rings is 10. The molecular weight excluding hydrogens is 872 g/mol. The van der Waals surface area contributed by atoms with Crippen molar-refractivity contribution in [2.24, 2.45) is 0 Å². The molecular formula is C67H55BN4. The Labute approximate surface area is 424 Å². The third-order valence-electron chi connectivity index (χ3n) is 14.0. The van der Waals surface area contributed by atoms with Gasteiger partial charge in [-0.3, -0.25) is 4.90 Å². The maximum atomic E-state index is 5.61. The molecule has 0 bridgehead atoms. The molecule has 0 saturated carbocycles. The second kappa shape index (κ2) is 19.6. The second-order valence-corrected chi connectivity index (χ2v) is 19.2. The Morgan fingerprint density at radius 1 is 0.333 bits per heavy atom. The second-order valence-electron chi connectivity index (χ2n) is 19.2. The molecule has 4 nitrogen and oxygen atoms in total. The van der Waals surface area contributed by atoms with Crippen molar-refractivity contribution in [3.63, 3.8) is 0 Å². The summed E-state index contributed by atoms with van der Waals surface area (Å²) in [5.41, 5.74) is 21.8. The van der Waals surface area contributed by atoms with Crippen LogP contribution in [-0.4, -0.2) is 21.7 Å². The maximum Gasteiger partial charge on any atom is 0.242 e. The molecule has 0 saturated heterocycles. The number of hydrogen-bond acceptors (Lipinski definition) is 4. The lowest BCUT2D eigenvalue weighted by Crippen LogP contribution is -2.55. The highest BCUT2D eigenvalue weighted by Crippen LogP contribution is 2.42. The van der Waals surface area contributed by atoms with E-state index in [4.69, 9.17) is 15.0 Å². The fraction of sp³-hybridized carbons (Fsp3) is 0.0896. The SMILES string of the molecule is Cc1cc(C)c(B(c2ccc(N(c3nc(-c4cccc(-c5ccccc5)c4)nc(-c4cc5ccccc5cc4-c4ccccc4)n3)c3ccccc3-c3ccccc3)cc2)c2c(C)cc(C)cc2C)c(C)c1. The number of aromatic nitrogens is 3. The van der Waals surface area contributed by atoms with Gasteiger partial charge in [-0.2, -0.15) is 9.97 Å². The molecule has 0 aliphatic rings. The molecule has 0 N–H and O–H groups in total. The molecule has 0 aliphatic carbocycles. The molecule has 346 valence electrons. The summed E-state index contributed by atoms with van der Waals surface area (Å²) in [6.45, 7) is 13.5. The summed E-state index contributed by atoms with van der Waals surface area (Å²) in [6, 6.07) is 80.3. The van der Waals surface area contributed by atoms with Crippen LogP contribution in [0.1, 0.15) is 33.4 Å². The van der Waals surface area contributed by atoms with Gasteiger partial charge in [-0.1, -0.05) is 238 Å². The topological polar surface area (TPSA) is 41.9 Å². The van der Waals surface area contributed by atoms with Gasteiger partial charge >= 0.3 is 0 Å². The maximum absolute atomic E-state index is 5.61. The fourth-order valence-electron chi connectivity index (χ4n) is 10.9. The van der Waals surface area contributed by atoms with E-state index in [0.717, 1.165) is 66.7 Å². The van der Waals surface area contributed by atoms with E-state index in [9.17, 15) is 0 Å². The summed E-state index contributed by atoms with van der Waals surface area (Å²) >= 11 is 0. The molecule has 1 heterocycles. The van der Waals surface area contributed by atoms with Crippen molar-refractivity contribution >= 4 is 51.2 Å². The summed E-state index contributed by atoms with van der Waals surface area (Å²) in [5.74, 6) is 1.67. The van der Waals surface area contributed by atoms with E-state index in [0.29, 0.717) is 17.6 Å². The molecule has 5 heteroatoms. The average Bonchev–Trinajstić information content (AvgIpc) is 3.41. The Bertz CT molecular complexity index is 3650. The minimum absolute atomic E-state index is 0.0156. The summed E-state index contributed by atoms with van der Waals surface area (Å²) < 4.78 is 0. The van der Waals surface area contributed by atoms with Crippen molar-refractivity contribution in [3.05, 3.63) is 258 Å². The highest BCUT2D eigenvalue weighted by molar-refractivity contribution is 6.96. The first-order valence-electron chi connectivity index (χ1n) is 24.9. The number of rotatable bonds is 11. The monoisotopic (exact) mass is 926 g/mol. The highest BCUT2D eigenvalue weighted by atomic mass is 15.3. The molecule has 0 fully saturated rings. The van der Waals surface area contributed by atoms with Crippen molar-refractivity contribution < 1.29 is 0 Å². The van der Waals surface area contributed by atoms with E-state index in [1.807, 2.05) is 0 Å². The summed E-state index contributed by atoms with van der Waals surface area (Å²) in [7, 11) is 0. The quantitative estimate of drug-likeness (QED) is 0.121. The van der Waals surface area contributed by atoms with Crippen molar-refractivity contribution in [1.82, 2.24) is 15.0 Å². The minimum atomic E-state index is 0.0156. The van der Waals surface area contributed by atoms with Gasteiger partial charge in [0.05, 0.1) is 5.69 Å². The Kier molecular flexibility index (Phi) is 12.5. The van der Waals surface area contributed by atoms with Gasteiger partial charge in [-0.05, 0) is 117 Å². The Morgan fingerprint density at radius 2 is 0.792 bits per heavy atom. The van der Waals surface area contributed by atoms with Crippen LogP contribution in [0.2, 0.25) is 0 Å². The normalized spacial score (nSPS) is 11.2. The Hall–Kier alpha value is -8.67. The van der Waals surface area contributed by atoms with E-state index in [-0.39, 0.29) is 6.71 Å². The first-order chi connectivity index (χ1) is 35.2. The molecule has 72 heavy (non-hydrogen) atoms. The van der Waals surface area contributed by atoms with Crippen molar-refractivity contribution in [2.45, 2.75) is 41.5 Å². The Balaban J connectivity index is 1.17. The lowest BCUT2D eigenvalue weighted by Gasteiger charge is -2.28. The van der Waals surface area contributed by atoms with E-state index < -0.39 is 0 Å². The van der Waals surface area contributed by atoms with Gasteiger partial charge in [-0.15, -0.1) is 0 Å². The molecule has 0 atom stereocenters. The largest absolute Gasteiger partial charge is 0.278 e. The van der Waals surface area contributed by atoms with E-state index in [1.165, 1.54) is 49.8 Å². The zero-order valence-corrected chi connectivity index (χ0v) is 41.7. The molecule has 0 aliphatic heterocycles. The van der Waals surface area contributed by atoms with Crippen molar-refractivity contribution in [1.29, 1.82) is 0 Å². The number of aryl methyl sites for hydroxylation is 6. The molecule has 10 aromatic carbocycles. The van der Waals surface area contributed by atoms with Crippen LogP contribution in [0.15, 0.2) is 224 Å². The third kappa shape index (κ3) is 9.02. The van der Waals surface area contributed by atoms with Crippen LogP contribution in [-0.2, 0) is 0 Å². The van der Waals surface area contributed by atoms with Gasteiger partial charge in [0.25, 0.3) is 0 Å². The highest BCUT2D eigenvalue weighted by Gasteiger charge is 2.30. The lowest BCUT2D eigenvalue weighted by molar-refractivity contribution is 1.02. The third-order valence-corrected chi connectivity index (χ3v) is 14.0. The molecule has 11 rings (SSSR count). The van der Waals surface area contributed by atoms with Crippen LogP contribution in [0, 0.1) is 41.5 Å². The predicted octanol–water partition coefficient (Wildman–Crippen LogP) is 15.2. The van der Waals surface area contributed by atoms with Crippen molar-refractivity contribution in [2.75, 3.05) is 4.90 Å². The van der Waals surface area contributed by atoms with Crippen LogP contribution in [0.3, 0.4) is 0 Å². The first kappa shape index (κ1) is 45.8. The first-order valence-corrected chi connectivity index (χ1v) is 24.9. The van der Waals surface area contributed by atoms with Crippen molar-refractivity contribution in [3.8, 4) is 56.2 Å². The van der Waals surface area contributed by atoms with E-state index >= 15 is 0 Å². The standard InChI is InChI=1S/C67H55BN4/c1-44-37-46(3)63(47(4)38-44)68(64-48(5)39-45(2)40-49(64)6)57-33-35-58(36-34-57)72(62-32-19-18-31-59(62)51-23-12-8-13-24-51)67-70-65(56-30-20-29-53(41-56)50-21-10-7-11-22-50)69-66(71-67)61-43-55-28-17-16-27-54(55)42-60(61)52-25-14-9-15-26-52/h7-43H,1-6H3. The molecule has 0 amide bonds. The van der Waals surface area contributed by atoms with Gasteiger partial charge < -0.3 is 0 Å². The van der Waals surface area contributed by atoms with E-state index in [2.05, 4.69) is 271 Å². The van der Waals surface area contributed by atoms with Crippen LogP contribution < -0.4 is 21.3 Å². The number of hydrogen-bond donors (Lipinski definition) is 0. The number of fused-ring (bicyclic) bond motifs is 1. The van der Waals surface area contributed by atoms with Crippen LogP contribution in [0.4, 0.5) is 17.3 Å². The van der Waals surface area contributed by atoms with Gasteiger partial charge in [0.2, 0.25) is 12.7 Å². The van der Waals surface area contributed by atoms with Gasteiger partial charge in [-0.25, -0.2) is 4.98 Å². The van der Waals surface area contributed by atoms with Crippen LogP contribution in [0.5, 0.6) is 0 Å². The zero-order chi connectivity index (χ0) is 49.3. The number of nitrogens with zero attached hydrogens (tertiary/aromatic N) is 4. The molecule has 0 unspecified atom stereocenters. The minimum Gasteiger partial charge on any atom is -0.278 e. The number of anilines is 3. The predicted molar refractivity (Wildman–Crippen MR) is 305 cm³/mol. The molecule has 1 aromatic heterocycles. The molecule has 0 radical (unpaired) electrons. The zero-order valence-electron chi connectivity index (χ0n) is 41.7. The van der Waals surface area contributed by atoms with Crippen LogP contribution in [0.25, 0.3) is 66.9 Å². The Morgan fingerprint density at radius 3 is 1.38 bits per heavy atom. The lowest BCUT2D eigenvalue weighted by atomic mass is 9.34. The van der Waals surface area contributed by atoms with Gasteiger partial charge in [0, 0.05) is 22.4 Å². The van der Waals surface area contributed by atoms with E-state index in [1.54, 1.807) is 0 Å². The molecule has 0 spiro atoms. The smallest absolute Gasteiger partial charge is 0.242 e. The summed E-state index contributed by atoms with van der Waals surface area (Å²) in [4.78, 5) is 18.8. The average molecular weight is 927 g/mol. The van der Waals surface area contributed by atoms with Crippen LogP contribution >= 0.6 is 0 Å². The van der Waals surface area contributed by atoms with Gasteiger partial charge in [0.15, 0.2) is 11.6 Å².